The smallest absolute Gasteiger partial charge is 0.125 e. The normalized spacial score (nSPS) is 10.5. The lowest BCUT2D eigenvalue weighted by molar-refractivity contribution is 0.302. The molecule has 0 unspecified atom stereocenters. The Morgan fingerprint density at radius 3 is 2.05 bits per heavy atom. The summed E-state index contributed by atoms with van der Waals surface area (Å²) in [6, 6.07) is 12.3. The molecule has 0 aliphatic heterocycles. The molecule has 0 bridgehead atoms. The Hall–Kier alpha value is -1.32. The van der Waals surface area contributed by atoms with E-state index in [1.165, 1.54) is 0 Å². The van der Waals surface area contributed by atoms with Gasteiger partial charge < -0.3 is 10.5 Å². The molecule has 2 rings (SSSR count). The van der Waals surface area contributed by atoms with Gasteiger partial charge in [-0.2, -0.15) is 0 Å². The highest BCUT2D eigenvalue weighted by Gasteiger charge is 2.06. The van der Waals surface area contributed by atoms with Gasteiger partial charge in [0.1, 0.15) is 12.4 Å². The summed E-state index contributed by atoms with van der Waals surface area (Å²) in [6.45, 7) is 5.27. The molecule has 0 radical (unpaired) electrons. The quantitative estimate of drug-likeness (QED) is 0.920. The summed E-state index contributed by atoms with van der Waals surface area (Å²) in [5, 5.41) is 0. The molecule has 2 N–H and O–H groups in total. The third-order valence-electron chi connectivity index (χ3n) is 3.07. The molecule has 0 aromatic heterocycles. The molecule has 2 aromatic rings. The van der Waals surface area contributed by atoms with Crippen molar-refractivity contribution in [3.63, 3.8) is 0 Å². The zero-order valence-corrected chi connectivity index (χ0v) is 12.8. The maximum Gasteiger partial charge on any atom is 0.125 e. The zero-order chi connectivity index (χ0) is 13.8. The maximum atomic E-state index is 5.93. The fourth-order valence-corrected chi connectivity index (χ4v) is 2.74. The molecule has 0 atom stereocenters. The Balaban J connectivity index is 2.10. The molecule has 19 heavy (non-hydrogen) atoms. The topological polar surface area (TPSA) is 35.2 Å². The van der Waals surface area contributed by atoms with E-state index < -0.39 is 0 Å². The van der Waals surface area contributed by atoms with E-state index in [4.69, 9.17) is 10.5 Å². The number of hydrogen-bond donors (Lipinski definition) is 1. The van der Waals surface area contributed by atoms with E-state index in [-0.39, 0.29) is 0 Å². The van der Waals surface area contributed by atoms with E-state index in [0.29, 0.717) is 13.2 Å². The highest BCUT2D eigenvalue weighted by molar-refractivity contribution is 9.10. The van der Waals surface area contributed by atoms with Gasteiger partial charge in [0.2, 0.25) is 0 Å². The molecule has 0 fully saturated rings. The SMILES string of the molecule is Cc1cc(Br)cc(C)c1OCc1ccc(CN)cc1. The van der Waals surface area contributed by atoms with Gasteiger partial charge in [0, 0.05) is 11.0 Å². The summed E-state index contributed by atoms with van der Waals surface area (Å²) in [4.78, 5) is 0. The number of aryl methyl sites for hydroxylation is 2. The predicted octanol–water partition coefficient (Wildman–Crippen LogP) is 4.10. The van der Waals surface area contributed by atoms with Gasteiger partial charge in [-0.25, -0.2) is 0 Å². The monoisotopic (exact) mass is 319 g/mol. The van der Waals surface area contributed by atoms with E-state index >= 15 is 0 Å². The second-order valence-corrected chi connectivity index (χ2v) is 5.59. The van der Waals surface area contributed by atoms with Gasteiger partial charge in [-0.3, -0.25) is 0 Å². The predicted molar refractivity (Wildman–Crippen MR) is 82.3 cm³/mol. The van der Waals surface area contributed by atoms with Crippen LogP contribution in [0.15, 0.2) is 40.9 Å². The molecule has 0 saturated heterocycles. The average molecular weight is 320 g/mol. The molecular weight excluding hydrogens is 302 g/mol. The van der Waals surface area contributed by atoms with Crippen molar-refractivity contribution >= 4 is 15.9 Å². The summed E-state index contributed by atoms with van der Waals surface area (Å²) in [7, 11) is 0. The molecule has 3 heteroatoms. The lowest BCUT2D eigenvalue weighted by atomic mass is 10.1. The van der Waals surface area contributed by atoms with Gasteiger partial charge in [0.15, 0.2) is 0 Å². The lowest BCUT2D eigenvalue weighted by Gasteiger charge is -2.13. The van der Waals surface area contributed by atoms with Crippen LogP contribution in [0.25, 0.3) is 0 Å². The Labute approximate surface area is 122 Å². The van der Waals surface area contributed by atoms with Crippen LogP contribution >= 0.6 is 15.9 Å². The summed E-state index contributed by atoms with van der Waals surface area (Å²) in [5.41, 5.74) is 10.2. The highest BCUT2D eigenvalue weighted by Crippen LogP contribution is 2.28. The summed E-state index contributed by atoms with van der Waals surface area (Å²) in [6.07, 6.45) is 0. The number of halogens is 1. The van der Waals surface area contributed by atoms with Gasteiger partial charge >= 0.3 is 0 Å². The standard InChI is InChI=1S/C16H18BrNO/c1-11-7-15(17)8-12(2)16(11)19-10-14-5-3-13(9-18)4-6-14/h3-8H,9-10,18H2,1-2H3. The average Bonchev–Trinajstić information content (AvgIpc) is 2.38. The van der Waals surface area contributed by atoms with Crippen LogP contribution in [0.2, 0.25) is 0 Å². The molecule has 0 spiro atoms. The third kappa shape index (κ3) is 3.58. The number of hydrogen-bond acceptors (Lipinski definition) is 2. The maximum absolute atomic E-state index is 5.93. The van der Waals surface area contributed by atoms with Crippen molar-refractivity contribution in [2.24, 2.45) is 5.73 Å². The Bertz CT molecular complexity index is 540. The van der Waals surface area contributed by atoms with E-state index in [1.807, 2.05) is 12.1 Å². The number of ether oxygens (including phenoxy) is 1. The van der Waals surface area contributed by atoms with Gasteiger partial charge in [0.25, 0.3) is 0 Å². The van der Waals surface area contributed by atoms with Crippen molar-refractivity contribution in [2.75, 3.05) is 0 Å². The van der Waals surface area contributed by atoms with E-state index in [9.17, 15) is 0 Å². The first-order chi connectivity index (χ1) is 9.10. The molecular formula is C16H18BrNO. The molecule has 2 aromatic carbocycles. The second-order valence-electron chi connectivity index (χ2n) is 4.68. The van der Waals surface area contributed by atoms with Crippen LogP contribution in [0.4, 0.5) is 0 Å². The van der Waals surface area contributed by atoms with Crippen LogP contribution in [0, 0.1) is 13.8 Å². The first kappa shape index (κ1) is 14.1. The Morgan fingerprint density at radius 2 is 1.53 bits per heavy atom. The molecule has 0 amide bonds. The van der Waals surface area contributed by atoms with Crippen LogP contribution in [0.1, 0.15) is 22.3 Å². The number of benzene rings is 2. The van der Waals surface area contributed by atoms with Crippen molar-refractivity contribution < 1.29 is 4.74 Å². The molecule has 100 valence electrons. The van der Waals surface area contributed by atoms with Crippen molar-refractivity contribution in [2.45, 2.75) is 27.0 Å². The van der Waals surface area contributed by atoms with Crippen molar-refractivity contribution in [1.82, 2.24) is 0 Å². The van der Waals surface area contributed by atoms with Crippen molar-refractivity contribution in [3.8, 4) is 5.75 Å². The highest BCUT2D eigenvalue weighted by atomic mass is 79.9. The van der Waals surface area contributed by atoms with Crippen LogP contribution in [-0.2, 0) is 13.2 Å². The van der Waals surface area contributed by atoms with E-state index in [0.717, 1.165) is 32.5 Å². The Morgan fingerprint density at radius 1 is 1.00 bits per heavy atom. The van der Waals surface area contributed by atoms with Gasteiger partial charge in [0.05, 0.1) is 0 Å². The second kappa shape index (κ2) is 6.22. The van der Waals surface area contributed by atoms with E-state index in [2.05, 4.69) is 54.0 Å². The third-order valence-corrected chi connectivity index (χ3v) is 3.52. The minimum atomic E-state index is 0.575. The fourth-order valence-electron chi connectivity index (χ4n) is 2.05. The van der Waals surface area contributed by atoms with Gasteiger partial charge in [-0.1, -0.05) is 40.2 Å². The lowest BCUT2D eigenvalue weighted by Crippen LogP contribution is -2.00. The first-order valence-electron chi connectivity index (χ1n) is 6.27. The first-order valence-corrected chi connectivity index (χ1v) is 7.07. The largest absolute Gasteiger partial charge is 0.488 e. The molecule has 0 aliphatic rings. The molecule has 0 aliphatic carbocycles. The summed E-state index contributed by atoms with van der Waals surface area (Å²) < 4.78 is 7.02. The fraction of sp³-hybridized carbons (Fsp3) is 0.250. The van der Waals surface area contributed by atoms with Gasteiger partial charge in [-0.05, 0) is 48.2 Å². The zero-order valence-electron chi connectivity index (χ0n) is 11.2. The summed E-state index contributed by atoms with van der Waals surface area (Å²) in [5.74, 6) is 0.964. The van der Waals surface area contributed by atoms with Crippen molar-refractivity contribution in [3.05, 3.63) is 63.1 Å². The van der Waals surface area contributed by atoms with E-state index in [1.54, 1.807) is 0 Å². The van der Waals surface area contributed by atoms with Crippen LogP contribution in [0.5, 0.6) is 5.75 Å². The van der Waals surface area contributed by atoms with Gasteiger partial charge in [-0.15, -0.1) is 0 Å². The number of rotatable bonds is 4. The van der Waals surface area contributed by atoms with Crippen LogP contribution in [0.3, 0.4) is 0 Å². The van der Waals surface area contributed by atoms with Crippen molar-refractivity contribution in [1.29, 1.82) is 0 Å². The minimum absolute atomic E-state index is 0.575. The minimum Gasteiger partial charge on any atom is -0.488 e. The Kier molecular flexibility index (Phi) is 4.61. The van der Waals surface area contributed by atoms with Crippen LogP contribution < -0.4 is 10.5 Å². The summed E-state index contributed by atoms with van der Waals surface area (Å²) >= 11 is 3.49. The number of nitrogens with two attached hydrogens (primary N) is 1. The molecule has 2 nitrogen and oxygen atoms in total. The molecule has 0 saturated carbocycles. The van der Waals surface area contributed by atoms with Crippen LogP contribution in [-0.4, -0.2) is 0 Å². The molecule has 0 heterocycles.